The number of carbonyl (C=O) groups is 1. The predicted octanol–water partition coefficient (Wildman–Crippen LogP) is 3.34. The molecule has 3 aliphatic rings. The topological polar surface area (TPSA) is 76.6 Å². The smallest absolute Gasteiger partial charge is 0.240 e. The van der Waals surface area contributed by atoms with Crippen LogP contribution in [0, 0.1) is 0 Å². The predicted molar refractivity (Wildman–Crippen MR) is 151 cm³/mol. The number of amides is 1. The minimum atomic E-state index is -0.201. The maximum atomic E-state index is 12.8. The fraction of sp³-hybridized carbons (Fsp3) is 0.607. The summed E-state index contributed by atoms with van der Waals surface area (Å²) in [6, 6.07) is 11.2. The van der Waals surface area contributed by atoms with Gasteiger partial charge in [0.1, 0.15) is 25.2 Å². The molecule has 0 saturated carbocycles. The summed E-state index contributed by atoms with van der Waals surface area (Å²) in [6.07, 6.45) is 5.67. The van der Waals surface area contributed by atoms with Crippen molar-refractivity contribution in [3.05, 3.63) is 42.2 Å². The number of hydrogen-bond donors (Lipinski definition) is 2. The molecule has 8 nitrogen and oxygen atoms in total. The lowest BCUT2D eigenvalue weighted by molar-refractivity contribution is -0.123. The van der Waals surface area contributed by atoms with Crippen molar-refractivity contribution in [1.82, 2.24) is 20.2 Å². The highest BCUT2D eigenvalue weighted by Gasteiger charge is 2.41. The summed E-state index contributed by atoms with van der Waals surface area (Å²) in [5.74, 6) is 1.90. The van der Waals surface area contributed by atoms with Gasteiger partial charge >= 0.3 is 0 Å². The molecule has 0 unspecified atom stereocenters. The van der Waals surface area contributed by atoms with Gasteiger partial charge in [0.2, 0.25) is 5.91 Å². The first-order valence-corrected chi connectivity index (χ1v) is 13.7. The first-order chi connectivity index (χ1) is 17.7. The molecule has 5 rings (SSSR count). The van der Waals surface area contributed by atoms with E-state index in [0.29, 0.717) is 17.9 Å². The van der Waals surface area contributed by atoms with E-state index >= 15 is 0 Å². The second kappa shape index (κ2) is 10.5. The van der Waals surface area contributed by atoms with E-state index in [-0.39, 0.29) is 11.4 Å². The standard InChI is InChI=1S/C28H41BN7O/c1-21(2)32-24-15-25(31-20-30-24)35-13-10-28(11-14-35)18-36(17-26(37)33-28)23-7-5-22(6-8-23)16-34-12-9-27(3,4)29-19-34/h5-8,15,20-21H,9-14,16-19H2,1-4H3,(H,33,37)(H,30,31,32). The van der Waals surface area contributed by atoms with Crippen molar-refractivity contribution in [1.29, 1.82) is 0 Å². The first kappa shape index (κ1) is 25.8. The fourth-order valence-electron chi connectivity index (χ4n) is 5.72. The van der Waals surface area contributed by atoms with E-state index in [1.807, 2.05) is 6.07 Å². The summed E-state index contributed by atoms with van der Waals surface area (Å²) in [6.45, 7) is 13.9. The molecule has 1 aromatic heterocycles. The molecule has 3 saturated heterocycles. The van der Waals surface area contributed by atoms with Crippen LogP contribution in [0.2, 0.25) is 5.31 Å². The number of carbonyl (C=O) groups excluding carboxylic acids is 1. The molecule has 0 bridgehead atoms. The lowest BCUT2D eigenvalue weighted by atomic mass is 9.51. The van der Waals surface area contributed by atoms with Crippen LogP contribution < -0.4 is 20.4 Å². The van der Waals surface area contributed by atoms with Gasteiger partial charge < -0.3 is 25.3 Å². The monoisotopic (exact) mass is 502 g/mol. The van der Waals surface area contributed by atoms with E-state index in [0.717, 1.165) is 69.3 Å². The van der Waals surface area contributed by atoms with Crippen molar-refractivity contribution >= 4 is 30.5 Å². The number of benzene rings is 1. The Balaban J connectivity index is 1.19. The Bertz CT molecular complexity index is 1070. The van der Waals surface area contributed by atoms with E-state index in [1.165, 1.54) is 12.0 Å². The molecular formula is C28H41BN7O. The highest BCUT2D eigenvalue weighted by atomic mass is 16.2. The average Bonchev–Trinajstić information content (AvgIpc) is 2.86. The molecule has 1 amide bonds. The van der Waals surface area contributed by atoms with Gasteiger partial charge in [0.15, 0.2) is 0 Å². The third kappa shape index (κ3) is 6.37. The van der Waals surface area contributed by atoms with Crippen molar-refractivity contribution in [3.8, 4) is 0 Å². The van der Waals surface area contributed by atoms with Crippen LogP contribution in [0.3, 0.4) is 0 Å². The van der Waals surface area contributed by atoms with Gasteiger partial charge in [-0.15, -0.1) is 0 Å². The number of piperazine rings is 1. The summed E-state index contributed by atoms with van der Waals surface area (Å²) >= 11 is 0. The second-order valence-corrected chi connectivity index (χ2v) is 12.1. The molecular weight excluding hydrogens is 461 g/mol. The largest absolute Gasteiger partial charge is 0.368 e. The van der Waals surface area contributed by atoms with Crippen molar-refractivity contribution in [3.63, 3.8) is 0 Å². The van der Waals surface area contributed by atoms with Crippen molar-refractivity contribution in [2.75, 3.05) is 54.3 Å². The molecule has 3 aliphatic heterocycles. The molecule has 197 valence electrons. The molecule has 1 spiro atoms. The number of hydrogen-bond acceptors (Lipinski definition) is 7. The molecule has 9 heteroatoms. The number of piperidine rings is 1. The van der Waals surface area contributed by atoms with Gasteiger partial charge in [-0.2, -0.15) is 0 Å². The summed E-state index contributed by atoms with van der Waals surface area (Å²) in [4.78, 5) is 28.7. The van der Waals surface area contributed by atoms with Crippen molar-refractivity contribution in [2.24, 2.45) is 0 Å². The van der Waals surface area contributed by atoms with Crippen LogP contribution in [-0.4, -0.2) is 78.8 Å². The number of nitrogens with one attached hydrogen (secondary N) is 2. The summed E-state index contributed by atoms with van der Waals surface area (Å²) in [5, 5.41) is 7.06. The minimum absolute atomic E-state index is 0.112. The first-order valence-electron chi connectivity index (χ1n) is 13.7. The van der Waals surface area contributed by atoms with Gasteiger partial charge in [-0.25, -0.2) is 9.97 Å². The molecule has 37 heavy (non-hydrogen) atoms. The van der Waals surface area contributed by atoms with Crippen LogP contribution in [0.25, 0.3) is 0 Å². The third-order valence-corrected chi connectivity index (χ3v) is 8.05. The van der Waals surface area contributed by atoms with Gasteiger partial charge in [-0.05, 0) is 63.8 Å². The SMILES string of the molecule is CC(C)Nc1cc(N2CCC3(CC2)CN(c2ccc(CN4C[B]C(C)(C)CC4)cc2)CC(=O)N3)ncn1. The maximum Gasteiger partial charge on any atom is 0.240 e. The van der Waals surface area contributed by atoms with Gasteiger partial charge in [-0.3, -0.25) is 4.79 Å². The zero-order valence-electron chi connectivity index (χ0n) is 22.8. The highest BCUT2D eigenvalue weighted by molar-refractivity contribution is 6.40. The van der Waals surface area contributed by atoms with Crippen LogP contribution in [-0.2, 0) is 11.3 Å². The summed E-state index contributed by atoms with van der Waals surface area (Å²) < 4.78 is 0. The van der Waals surface area contributed by atoms with E-state index in [4.69, 9.17) is 0 Å². The quantitative estimate of drug-likeness (QED) is 0.587. The Labute approximate surface area is 222 Å². The number of nitrogens with zero attached hydrogens (tertiary/aromatic N) is 5. The van der Waals surface area contributed by atoms with E-state index in [2.05, 4.69) is 94.5 Å². The third-order valence-electron chi connectivity index (χ3n) is 8.05. The zero-order chi connectivity index (χ0) is 26.0. The Morgan fingerprint density at radius 3 is 2.49 bits per heavy atom. The van der Waals surface area contributed by atoms with Crippen LogP contribution in [0.15, 0.2) is 36.7 Å². The van der Waals surface area contributed by atoms with Crippen LogP contribution in [0.5, 0.6) is 0 Å². The summed E-state index contributed by atoms with van der Waals surface area (Å²) in [5.41, 5.74) is 2.26. The molecule has 1 aromatic carbocycles. The lowest BCUT2D eigenvalue weighted by Gasteiger charge is -2.48. The highest BCUT2D eigenvalue weighted by Crippen LogP contribution is 2.33. The van der Waals surface area contributed by atoms with Crippen molar-refractivity contribution < 1.29 is 4.79 Å². The van der Waals surface area contributed by atoms with Crippen LogP contribution >= 0.6 is 0 Å². The lowest BCUT2D eigenvalue weighted by Crippen LogP contribution is -2.66. The fourth-order valence-corrected chi connectivity index (χ4v) is 5.72. The Kier molecular flexibility index (Phi) is 7.34. The van der Waals surface area contributed by atoms with E-state index in [1.54, 1.807) is 6.33 Å². The zero-order valence-corrected chi connectivity index (χ0v) is 22.8. The van der Waals surface area contributed by atoms with E-state index in [9.17, 15) is 4.79 Å². The molecule has 2 aromatic rings. The Morgan fingerprint density at radius 2 is 1.81 bits per heavy atom. The second-order valence-electron chi connectivity index (χ2n) is 12.1. The van der Waals surface area contributed by atoms with Crippen LogP contribution in [0.4, 0.5) is 17.3 Å². The number of rotatable bonds is 6. The number of aromatic nitrogens is 2. The average molecular weight is 502 g/mol. The molecule has 4 heterocycles. The Morgan fingerprint density at radius 1 is 1.05 bits per heavy atom. The van der Waals surface area contributed by atoms with Gasteiger partial charge in [0.05, 0.1) is 12.1 Å². The normalized spacial score (nSPS) is 21.6. The molecule has 3 fully saturated rings. The van der Waals surface area contributed by atoms with Gasteiger partial charge in [0.25, 0.3) is 0 Å². The molecule has 0 atom stereocenters. The van der Waals surface area contributed by atoms with Crippen molar-refractivity contribution in [2.45, 2.75) is 70.4 Å². The van der Waals surface area contributed by atoms with Gasteiger partial charge in [-0.1, -0.05) is 31.3 Å². The van der Waals surface area contributed by atoms with Gasteiger partial charge in [0, 0.05) is 44.0 Å². The molecule has 1 radical (unpaired) electrons. The maximum absolute atomic E-state index is 12.8. The molecule has 2 N–H and O–H groups in total. The summed E-state index contributed by atoms with van der Waals surface area (Å²) in [7, 11) is 2.44. The van der Waals surface area contributed by atoms with Crippen LogP contribution in [0.1, 0.15) is 52.5 Å². The number of anilines is 3. The Hall–Kier alpha value is -2.81. The van der Waals surface area contributed by atoms with E-state index < -0.39 is 0 Å². The minimum Gasteiger partial charge on any atom is -0.368 e. The molecule has 0 aliphatic carbocycles.